The van der Waals surface area contributed by atoms with Crippen molar-refractivity contribution in [3.05, 3.63) is 12.7 Å². The number of nitrogens with two attached hydrogens (primary N) is 1. The topological polar surface area (TPSA) is 201 Å². The van der Waals surface area contributed by atoms with Crippen molar-refractivity contribution in [3.63, 3.8) is 0 Å². The van der Waals surface area contributed by atoms with Crippen molar-refractivity contribution in [3.8, 4) is 0 Å². The normalized spacial score (nSPS) is 22.0. The minimum atomic E-state index is -1.51. The van der Waals surface area contributed by atoms with Crippen LogP contribution in [0.1, 0.15) is 27.0 Å². The Morgan fingerprint density at radius 3 is 2.44 bits per heavy atom. The van der Waals surface area contributed by atoms with Crippen LogP contribution in [-0.2, 0) is 28.6 Å². The molecule has 4 atom stereocenters. The number of anilines is 1. The number of hydrogen-bond donors (Lipinski definition) is 4. The highest BCUT2D eigenvalue weighted by Crippen LogP contribution is 2.32. The van der Waals surface area contributed by atoms with Crippen LogP contribution in [0.3, 0.4) is 0 Å². The standard InChI is InChI=1S/C14H18N6O6.C4H8O2/c1-2-25-6(21)3-16-13(24)10-8(22)9(23)14(26-10)20-5-19-7-11(15)17-4-18-12(7)20;1-3-6-4(2)5/h4-5,8-10,14,22-23H,2-3H2,1H3,(H,16,24)(H2,15,17,18);3H2,1-2H3. The second-order valence-corrected chi connectivity index (χ2v) is 6.46. The summed E-state index contributed by atoms with van der Waals surface area (Å²) in [6.45, 7) is 5.09. The Balaban J connectivity index is 0.000000534. The number of carbonyl (C=O) groups excluding carboxylic acids is 3. The zero-order chi connectivity index (χ0) is 23.8. The fraction of sp³-hybridized carbons (Fsp3) is 0.556. The monoisotopic (exact) mass is 454 g/mol. The van der Waals surface area contributed by atoms with Crippen LogP contribution in [0.5, 0.6) is 0 Å². The molecule has 0 aliphatic carbocycles. The van der Waals surface area contributed by atoms with Gasteiger partial charge < -0.3 is 35.5 Å². The van der Waals surface area contributed by atoms with Crippen LogP contribution < -0.4 is 11.1 Å². The number of carbonyl (C=O) groups is 3. The van der Waals surface area contributed by atoms with Gasteiger partial charge in [-0.15, -0.1) is 0 Å². The van der Waals surface area contributed by atoms with Crippen molar-refractivity contribution in [2.75, 3.05) is 25.5 Å². The number of imidazole rings is 1. The minimum Gasteiger partial charge on any atom is -0.466 e. The lowest BCUT2D eigenvalue weighted by Crippen LogP contribution is -2.44. The number of fused-ring (bicyclic) bond motifs is 1. The SMILES string of the molecule is CCOC(=O)CNC(=O)C1OC(n2cnc3c(N)ncnc32)C(O)C1O.CCOC(C)=O. The van der Waals surface area contributed by atoms with E-state index >= 15 is 0 Å². The predicted molar refractivity (Wildman–Crippen MR) is 108 cm³/mol. The van der Waals surface area contributed by atoms with Crippen molar-refractivity contribution < 1.29 is 38.8 Å². The maximum Gasteiger partial charge on any atom is 0.325 e. The second kappa shape index (κ2) is 11.3. The number of nitrogens with one attached hydrogen (secondary N) is 1. The van der Waals surface area contributed by atoms with Crippen molar-refractivity contribution in [2.24, 2.45) is 0 Å². The molecule has 1 aliphatic rings. The molecule has 1 aliphatic heterocycles. The van der Waals surface area contributed by atoms with Gasteiger partial charge in [-0.2, -0.15) is 0 Å². The third-order valence-corrected chi connectivity index (χ3v) is 4.22. The van der Waals surface area contributed by atoms with Gasteiger partial charge in [0.15, 0.2) is 23.8 Å². The molecule has 2 aromatic rings. The summed E-state index contributed by atoms with van der Waals surface area (Å²) in [4.78, 5) is 45.2. The molecule has 1 saturated heterocycles. The highest BCUT2D eigenvalue weighted by atomic mass is 16.6. The molecule has 3 heterocycles. The molecule has 0 bridgehead atoms. The van der Waals surface area contributed by atoms with E-state index in [0.717, 1.165) is 0 Å². The molecule has 0 radical (unpaired) electrons. The van der Waals surface area contributed by atoms with Gasteiger partial charge in [-0.3, -0.25) is 19.0 Å². The van der Waals surface area contributed by atoms with E-state index in [1.54, 1.807) is 13.8 Å². The minimum absolute atomic E-state index is 0.144. The van der Waals surface area contributed by atoms with Crippen LogP contribution in [0.2, 0.25) is 0 Å². The van der Waals surface area contributed by atoms with Gasteiger partial charge in [0.25, 0.3) is 5.91 Å². The van der Waals surface area contributed by atoms with E-state index in [-0.39, 0.29) is 30.6 Å². The largest absolute Gasteiger partial charge is 0.466 e. The van der Waals surface area contributed by atoms with Gasteiger partial charge in [0.2, 0.25) is 0 Å². The molecule has 176 valence electrons. The summed E-state index contributed by atoms with van der Waals surface area (Å²) >= 11 is 0. The Bertz CT molecular complexity index is 951. The molecule has 14 heteroatoms. The first-order valence-electron chi connectivity index (χ1n) is 9.72. The molecule has 0 saturated carbocycles. The number of nitrogen functional groups attached to an aromatic ring is 1. The lowest BCUT2D eigenvalue weighted by Gasteiger charge is -2.16. The molecule has 0 spiro atoms. The number of amides is 1. The number of aromatic nitrogens is 4. The van der Waals surface area contributed by atoms with Crippen LogP contribution >= 0.6 is 0 Å². The van der Waals surface area contributed by atoms with E-state index in [1.807, 2.05) is 0 Å². The zero-order valence-corrected chi connectivity index (χ0v) is 17.8. The Morgan fingerprint density at radius 1 is 1.16 bits per heavy atom. The molecule has 3 rings (SSSR count). The van der Waals surface area contributed by atoms with E-state index in [4.69, 9.17) is 15.2 Å². The van der Waals surface area contributed by atoms with Crippen molar-refractivity contribution in [1.29, 1.82) is 0 Å². The number of aliphatic hydroxyl groups is 2. The molecule has 14 nitrogen and oxygen atoms in total. The van der Waals surface area contributed by atoms with E-state index in [9.17, 15) is 24.6 Å². The lowest BCUT2D eigenvalue weighted by molar-refractivity contribution is -0.146. The Labute approximate surface area is 182 Å². The summed E-state index contributed by atoms with van der Waals surface area (Å²) in [5.41, 5.74) is 6.29. The molecule has 5 N–H and O–H groups in total. The quantitative estimate of drug-likeness (QED) is 0.360. The average Bonchev–Trinajstić information content (AvgIpc) is 3.29. The fourth-order valence-corrected chi connectivity index (χ4v) is 2.84. The van der Waals surface area contributed by atoms with Crippen molar-refractivity contribution >= 4 is 34.8 Å². The van der Waals surface area contributed by atoms with Crippen LogP contribution in [0.25, 0.3) is 11.2 Å². The van der Waals surface area contributed by atoms with Crippen molar-refractivity contribution in [1.82, 2.24) is 24.8 Å². The first-order valence-corrected chi connectivity index (χ1v) is 9.72. The number of nitrogens with zero attached hydrogens (tertiary/aromatic N) is 4. The van der Waals surface area contributed by atoms with E-state index in [2.05, 4.69) is 25.0 Å². The second-order valence-electron chi connectivity index (χ2n) is 6.46. The van der Waals surface area contributed by atoms with Gasteiger partial charge in [0.05, 0.1) is 19.5 Å². The maximum atomic E-state index is 12.2. The van der Waals surface area contributed by atoms with Crippen LogP contribution in [0.15, 0.2) is 12.7 Å². The third-order valence-electron chi connectivity index (χ3n) is 4.22. The van der Waals surface area contributed by atoms with Crippen LogP contribution in [0.4, 0.5) is 5.82 Å². The van der Waals surface area contributed by atoms with Gasteiger partial charge in [-0.1, -0.05) is 0 Å². The van der Waals surface area contributed by atoms with Crippen molar-refractivity contribution in [2.45, 2.75) is 45.3 Å². The molecule has 2 aromatic heterocycles. The van der Waals surface area contributed by atoms with E-state index in [1.165, 1.54) is 24.1 Å². The summed E-state index contributed by atoms with van der Waals surface area (Å²) in [5, 5.41) is 22.7. The Kier molecular flexibility index (Phi) is 8.80. The first kappa shape index (κ1) is 24.9. The maximum absolute atomic E-state index is 12.2. The van der Waals surface area contributed by atoms with Crippen LogP contribution in [-0.4, -0.2) is 85.6 Å². The highest BCUT2D eigenvalue weighted by molar-refractivity contribution is 5.86. The number of rotatable bonds is 6. The molecular formula is C18H26N6O8. The summed E-state index contributed by atoms with van der Waals surface area (Å²) in [6, 6.07) is 0. The summed E-state index contributed by atoms with van der Waals surface area (Å²) in [5.74, 6) is -1.45. The predicted octanol–water partition coefficient (Wildman–Crippen LogP) is -1.72. The van der Waals surface area contributed by atoms with Gasteiger partial charge >= 0.3 is 11.9 Å². The average molecular weight is 454 g/mol. The number of esters is 2. The molecule has 0 aromatic carbocycles. The van der Waals surface area contributed by atoms with Crippen LogP contribution in [0, 0.1) is 0 Å². The fourth-order valence-electron chi connectivity index (χ4n) is 2.84. The van der Waals surface area contributed by atoms with Gasteiger partial charge in [0.1, 0.15) is 30.6 Å². The zero-order valence-electron chi connectivity index (χ0n) is 17.8. The Hall–Kier alpha value is -3.36. The molecule has 1 amide bonds. The Morgan fingerprint density at radius 2 is 1.84 bits per heavy atom. The molecule has 4 unspecified atom stereocenters. The van der Waals surface area contributed by atoms with E-state index in [0.29, 0.717) is 12.1 Å². The number of aliphatic hydroxyl groups excluding tert-OH is 2. The highest BCUT2D eigenvalue weighted by Gasteiger charge is 2.47. The lowest BCUT2D eigenvalue weighted by atomic mass is 10.1. The third kappa shape index (κ3) is 5.87. The van der Waals surface area contributed by atoms with Gasteiger partial charge in [-0.25, -0.2) is 15.0 Å². The molecule has 1 fully saturated rings. The summed E-state index contributed by atoms with van der Waals surface area (Å²) in [7, 11) is 0. The molecule has 32 heavy (non-hydrogen) atoms. The summed E-state index contributed by atoms with van der Waals surface area (Å²) in [6.07, 6.45) is -2.92. The first-order chi connectivity index (χ1) is 15.2. The number of hydrogen-bond acceptors (Lipinski definition) is 12. The summed E-state index contributed by atoms with van der Waals surface area (Å²) < 4.78 is 15.9. The smallest absolute Gasteiger partial charge is 0.325 e. The van der Waals surface area contributed by atoms with Gasteiger partial charge in [-0.05, 0) is 13.8 Å². The van der Waals surface area contributed by atoms with E-state index < -0.39 is 36.4 Å². The number of ether oxygens (including phenoxy) is 3. The molecular weight excluding hydrogens is 428 g/mol. The van der Waals surface area contributed by atoms with Gasteiger partial charge in [0, 0.05) is 6.92 Å².